The van der Waals surface area contributed by atoms with Crippen molar-refractivity contribution >= 4 is 21.4 Å². The van der Waals surface area contributed by atoms with E-state index in [0.717, 1.165) is 6.33 Å². The van der Waals surface area contributed by atoms with Crippen molar-refractivity contribution in [3.63, 3.8) is 0 Å². The van der Waals surface area contributed by atoms with Crippen molar-refractivity contribution in [1.82, 2.24) is 18.9 Å². The number of aromatic nitrogens is 4. The zero-order chi connectivity index (χ0) is 11.2. The number of H-pyrrole nitrogens is 2. The van der Waals surface area contributed by atoms with E-state index in [1.54, 1.807) is 0 Å². The molecule has 2 aromatic rings. The Labute approximate surface area is 81.8 Å². The smallest absolute Gasteiger partial charge is 0.291 e. The molecule has 2 heterocycles. The highest BCUT2D eigenvalue weighted by atomic mass is 32.2. The summed E-state index contributed by atoms with van der Waals surface area (Å²) in [4.78, 5) is 29.6. The second-order valence-corrected chi connectivity index (χ2v) is 4.11. The fourth-order valence-corrected chi connectivity index (χ4v) is 1.67. The molecule has 80 valence electrons. The Balaban J connectivity index is 3.06. The van der Waals surface area contributed by atoms with Gasteiger partial charge in [-0.2, -0.15) is 12.4 Å². The molecule has 0 aliphatic rings. The van der Waals surface area contributed by atoms with Crippen LogP contribution in [0.4, 0.5) is 0 Å². The van der Waals surface area contributed by atoms with Gasteiger partial charge in [-0.3, -0.25) is 14.8 Å². The molecule has 0 fully saturated rings. The van der Waals surface area contributed by atoms with Crippen LogP contribution in [0.5, 0.6) is 0 Å². The molecule has 0 aliphatic carbocycles. The van der Waals surface area contributed by atoms with Crippen LogP contribution >= 0.6 is 0 Å². The van der Waals surface area contributed by atoms with Crippen LogP contribution in [0.2, 0.25) is 0 Å². The minimum Gasteiger partial charge on any atom is -0.291 e. The molecule has 0 atom stereocenters. The number of rotatable bonds is 1. The van der Waals surface area contributed by atoms with Crippen molar-refractivity contribution in [3.8, 4) is 0 Å². The Morgan fingerprint density at radius 3 is 2.60 bits per heavy atom. The lowest BCUT2D eigenvalue weighted by Crippen LogP contribution is -2.26. The molecule has 2 rings (SSSR count). The highest BCUT2D eigenvalue weighted by molar-refractivity contribution is 7.87. The average Bonchev–Trinajstić information content (AvgIpc) is 2.45. The molecule has 0 amide bonds. The van der Waals surface area contributed by atoms with Crippen LogP contribution in [0.15, 0.2) is 15.9 Å². The van der Waals surface area contributed by atoms with Gasteiger partial charge in [0, 0.05) is 0 Å². The van der Waals surface area contributed by atoms with Gasteiger partial charge in [-0.15, -0.1) is 0 Å². The lowest BCUT2D eigenvalue weighted by atomic mass is 10.5. The maximum absolute atomic E-state index is 11.2. The number of aromatic amines is 2. The summed E-state index contributed by atoms with van der Waals surface area (Å²) in [7, 11) is -4.09. The summed E-state index contributed by atoms with van der Waals surface area (Å²) in [6.45, 7) is 0. The monoisotopic (exact) mass is 231 g/mol. The van der Waals surface area contributed by atoms with Gasteiger partial charge in [-0.1, -0.05) is 0 Å². The largest absolute Gasteiger partial charge is 0.327 e. The second kappa shape index (κ2) is 2.77. The van der Waals surface area contributed by atoms with E-state index in [4.69, 9.17) is 5.14 Å². The summed E-state index contributed by atoms with van der Waals surface area (Å²) in [5, 5.41) is 4.83. The first-order valence-electron chi connectivity index (χ1n) is 3.62. The summed E-state index contributed by atoms with van der Waals surface area (Å²) < 4.78 is 22.5. The van der Waals surface area contributed by atoms with Crippen LogP contribution in [-0.2, 0) is 10.2 Å². The quantitative estimate of drug-likeness (QED) is 0.495. The fourth-order valence-electron chi connectivity index (χ4n) is 1.11. The van der Waals surface area contributed by atoms with Crippen molar-refractivity contribution in [2.45, 2.75) is 0 Å². The summed E-state index contributed by atoms with van der Waals surface area (Å²) >= 11 is 0. The van der Waals surface area contributed by atoms with Gasteiger partial charge in [0.05, 0.1) is 0 Å². The molecule has 10 heteroatoms. The third kappa shape index (κ3) is 1.45. The molecular weight excluding hydrogens is 226 g/mol. The standard InChI is InChI=1S/C5H5N5O4S/c6-15(13,14)10-1-7-2-3(10)8-5(12)9-4(2)11/h1H,(H2,6,13,14)(H2,8,9,11,12). The van der Waals surface area contributed by atoms with Gasteiger partial charge in [0.15, 0.2) is 11.2 Å². The molecule has 15 heavy (non-hydrogen) atoms. The minimum absolute atomic E-state index is 0.205. The summed E-state index contributed by atoms with van der Waals surface area (Å²) in [6, 6.07) is 0. The van der Waals surface area contributed by atoms with Gasteiger partial charge in [-0.25, -0.2) is 14.9 Å². The third-order valence-electron chi connectivity index (χ3n) is 1.68. The average molecular weight is 231 g/mol. The highest BCUT2D eigenvalue weighted by Gasteiger charge is 2.14. The minimum atomic E-state index is -4.09. The zero-order valence-electron chi connectivity index (χ0n) is 7.09. The van der Waals surface area contributed by atoms with E-state index in [1.807, 2.05) is 4.98 Å². The molecule has 0 aliphatic heterocycles. The number of hydrogen-bond acceptors (Lipinski definition) is 5. The predicted octanol–water partition coefficient (Wildman–Crippen LogP) is -2.54. The topological polar surface area (TPSA) is 144 Å². The highest BCUT2D eigenvalue weighted by Crippen LogP contribution is 2.03. The van der Waals surface area contributed by atoms with Crippen LogP contribution < -0.4 is 16.4 Å². The number of nitrogens with one attached hydrogen (secondary N) is 2. The molecule has 0 aromatic carbocycles. The van der Waals surface area contributed by atoms with Crippen LogP contribution in [0.1, 0.15) is 0 Å². The Morgan fingerprint density at radius 2 is 2.00 bits per heavy atom. The first kappa shape index (κ1) is 9.61. The molecule has 4 N–H and O–H groups in total. The van der Waals surface area contributed by atoms with Crippen LogP contribution in [-0.4, -0.2) is 27.3 Å². The molecule has 0 saturated heterocycles. The van der Waals surface area contributed by atoms with Gasteiger partial charge < -0.3 is 0 Å². The number of fused-ring (bicyclic) bond motifs is 1. The first-order chi connectivity index (χ1) is 6.89. The van der Waals surface area contributed by atoms with Crippen molar-refractivity contribution in [2.24, 2.45) is 5.14 Å². The molecule has 0 radical (unpaired) electrons. The van der Waals surface area contributed by atoms with Crippen LogP contribution in [0, 0.1) is 0 Å². The Morgan fingerprint density at radius 1 is 1.33 bits per heavy atom. The Kier molecular flexibility index (Phi) is 1.78. The number of nitrogens with zero attached hydrogens (tertiary/aromatic N) is 2. The van der Waals surface area contributed by atoms with Crippen LogP contribution in [0.3, 0.4) is 0 Å². The maximum Gasteiger partial charge on any atom is 0.327 e. The predicted molar refractivity (Wildman–Crippen MR) is 49.5 cm³/mol. The Bertz CT molecular complexity index is 735. The van der Waals surface area contributed by atoms with Gasteiger partial charge >= 0.3 is 15.9 Å². The van der Waals surface area contributed by atoms with Crippen molar-refractivity contribution < 1.29 is 8.42 Å². The lowest BCUT2D eigenvalue weighted by Gasteiger charge is -1.97. The third-order valence-corrected chi connectivity index (χ3v) is 2.51. The van der Waals surface area contributed by atoms with E-state index in [1.165, 1.54) is 0 Å². The number of imidazole rings is 1. The maximum atomic E-state index is 11.2. The molecule has 0 saturated carbocycles. The van der Waals surface area contributed by atoms with E-state index >= 15 is 0 Å². The molecule has 2 aromatic heterocycles. The van der Waals surface area contributed by atoms with Crippen molar-refractivity contribution in [1.29, 1.82) is 0 Å². The van der Waals surface area contributed by atoms with E-state index in [2.05, 4.69) is 9.97 Å². The van der Waals surface area contributed by atoms with Gasteiger partial charge in [0.1, 0.15) is 6.33 Å². The van der Waals surface area contributed by atoms with E-state index in [0.29, 0.717) is 3.97 Å². The Hall–Kier alpha value is -1.94. The van der Waals surface area contributed by atoms with Gasteiger partial charge in [0.2, 0.25) is 0 Å². The molecule has 0 unspecified atom stereocenters. The fraction of sp³-hybridized carbons (Fsp3) is 0. The summed E-state index contributed by atoms with van der Waals surface area (Å²) in [5.41, 5.74) is -2.08. The van der Waals surface area contributed by atoms with Crippen LogP contribution in [0.25, 0.3) is 11.2 Å². The molecule has 0 spiro atoms. The summed E-state index contributed by atoms with van der Waals surface area (Å²) in [6.07, 6.45) is 0.838. The molecule has 0 bridgehead atoms. The zero-order valence-corrected chi connectivity index (χ0v) is 7.91. The SMILES string of the molecule is NS(=O)(=O)n1cnc2c(=O)[nH]c(=O)[nH]c21. The lowest BCUT2D eigenvalue weighted by molar-refractivity contribution is 0.590. The number of nitrogens with two attached hydrogens (primary N) is 1. The van der Waals surface area contributed by atoms with E-state index in [-0.39, 0.29) is 11.2 Å². The first-order valence-corrected chi connectivity index (χ1v) is 5.13. The van der Waals surface area contributed by atoms with Crippen molar-refractivity contribution in [2.75, 3.05) is 0 Å². The van der Waals surface area contributed by atoms with E-state index < -0.39 is 21.5 Å². The van der Waals surface area contributed by atoms with Gasteiger partial charge in [0.25, 0.3) is 5.56 Å². The van der Waals surface area contributed by atoms with Crippen molar-refractivity contribution in [3.05, 3.63) is 27.2 Å². The van der Waals surface area contributed by atoms with Gasteiger partial charge in [-0.05, 0) is 0 Å². The number of hydrogen-bond donors (Lipinski definition) is 3. The normalized spacial score (nSPS) is 12.1. The second-order valence-electron chi connectivity index (χ2n) is 2.69. The van der Waals surface area contributed by atoms with E-state index in [9.17, 15) is 18.0 Å². The molecular formula is C5H5N5O4S. The molecule has 9 nitrogen and oxygen atoms in total. The summed E-state index contributed by atoms with van der Waals surface area (Å²) in [5.74, 6) is 0.